The second-order valence-corrected chi connectivity index (χ2v) is 4.56. The minimum atomic E-state index is -1.06. The minimum absolute atomic E-state index is 0.0701. The molecule has 0 saturated heterocycles. The van der Waals surface area contributed by atoms with Crippen LogP contribution in [0, 0.1) is 0 Å². The summed E-state index contributed by atoms with van der Waals surface area (Å²) in [5, 5.41) is 8.96. The number of alkyl halides is 1. The van der Waals surface area contributed by atoms with Crippen LogP contribution in [0.4, 0.5) is 4.39 Å². The lowest BCUT2D eigenvalue weighted by Gasteiger charge is -2.12. The molecule has 1 aromatic carbocycles. The van der Waals surface area contributed by atoms with E-state index in [9.17, 15) is 9.18 Å². The predicted molar refractivity (Wildman–Crippen MR) is 72.6 cm³/mol. The van der Waals surface area contributed by atoms with Gasteiger partial charge in [0, 0.05) is 0 Å². The van der Waals surface area contributed by atoms with Crippen LogP contribution in [0.15, 0.2) is 24.3 Å². The average molecular weight is 268 g/mol. The third-order valence-corrected chi connectivity index (χ3v) is 2.91. The van der Waals surface area contributed by atoms with Gasteiger partial charge in [-0.25, -0.2) is 9.18 Å². The lowest BCUT2D eigenvalue weighted by Crippen LogP contribution is -2.14. The van der Waals surface area contributed by atoms with Crippen LogP contribution < -0.4 is 4.74 Å². The summed E-state index contributed by atoms with van der Waals surface area (Å²) >= 11 is 0. The van der Waals surface area contributed by atoms with Gasteiger partial charge in [0.1, 0.15) is 24.1 Å². The van der Waals surface area contributed by atoms with Gasteiger partial charge in [-0.05, 0) is 18.6 Å². The minimum Gasteiger partial charge on any atom is -0.490 e. The Balaban J connectivity index is 2.37. The van der Waals surface area contributed by atoms with E-state index >= 15 is 0 Å². The molecule has 0 aliphatic heterocycles. The third kappa shape index (κ3) is 5.73. The Labute approximate surface area is 113 Å². The summed E-state index contributed by atoms with van der Waals surface area (Å²) in [6.07, 6.45) is 3.55. The van der Waals surface area contributed by atoms with Crippen LogP contribution in [-0.4, -0.2) is 23.9 Å². The number of halogens is 1. The molecule has 0 fully saturated rings. The summed E-state index contributed by atoms with van der Waals surface area (Å²) in [7, 11) is 0. The van der Waals surface area contributed by atoms with Crippen molar-refractivity contribution in [3.8, 4) is 5.75 Å². The van der Waals surface area contributed by atoms with Gasteiger partial charge in [0.05, 0.1) is 0 Å². The number of hydrogen-bond donors (Lipinski definition) is 1. The highest BCUT2D eigenvalue weighted by atomic mass is 19.1. The van der Waals surface area contributed by atoms with E-state index in [0.29, 0.717) is 6.42 Å². The first-order valence-corrected chi connectivity index (χ1v) is 6.74. The summed E-state index contributed by atoms with van der Waals surface area (Å²) in [4.78, 5) is 10.9. The Morgan fingerprint density at radius 3 is 2.74 bits per heavy atom. The van der Waals surface area contributed by atoms with Gasteiger partial charge >= 0.3 is 5.97 Å². The largest absolute Gasteiger partial charge is 0.490 e. The van der Waals surface area contributed by atoms with Gasteiger partial charge in [0.2, 0.25) is 0 Å². The van der Waals surface area contributed by atoms with Crippen LogP contribution in [0.2, 0.25) is 0 Å². The summed E-state index contributed by atoms with van der Waals surface area (Å²) in [6.45, 7) is 2.02. The Bertz CT molecular complexity index is 393. The van der Waals surface area contributed by atoms with Crippen molar-refractivity contribution < 1.29 is 19.0 Å². The monoisotopic (exact) mass is 268 g/mol. The molecule has 0 saturated carbocycles. The molecule has 0 radical (unpaired) electrons. The first-order valence-electron chi connectivity index (χ1n) is 6.74. The zero-order chi connectivity index (χ0) is 14.1. The van der Waals surface area contributed by atoms with Gasteiger partial charge in [-0.15, -0.1) is 0 Å². The van der Waals surface area contributed by atoms with E-state index in [1.165, 1.54) is 6.07 Å². The van der Waals surface area contributed by atoms with Crippen molar-refractivity contribution >= 4 is 5.97 Å². The molecule has 0 heterocycles. The van der Waals surface area contributed by atoms with Gasteiger partial charge in [0.15, 0.2) is 0 Å². The van der Waals surface area contributed by atoms with E-state index in [1.807, 2.05) is 0 Å². The third-order valence-electron chi connectivity index (χ3n) is 2.91. The number of hydrogen-bond acceptors (Lipinski definition) is 2. The Kier molecular flexibility index (Phi) is 6.93. The lowest BCUT2D eigenvalue weighted by molar-refractivity contribution is 0.0690. The second-order valence-electron chi connectivity index (χ2n) is 4.56. The van der Waals surface area contributed by atoms with E-state index in [2.05, 4.69) is 6.92 Å². The fourth-order valence-electron chi connectivity index (χ4n) is 1.83. The number of benzene rings is 1. The van der Waals surface area contributed by atoms with E-state index in [0.717, 1.165) is 25.7 Å². The number of carboxylic acids is 1. The zero-order valence-corrected chi connectivity index (χ0v) is 11.3. The SMILES string of the molecule is CCCCCCC(F)COc1ccccc1C(=O)O. The van der Waals surface area contributed by atoms with Crippen molar-refractivity contribution in [1.82, 2.24) is 0 Å². The molecule has 0 bridgehead atoms. The molecule has 1 N–H and O–H groups in total. The highest BCUT2D eigenvalue weighted by Gasteiger charge is 2.12. The first-order chi connectivity index (χ1) is 9.15. The van der Waals surface area contributed by atoms with Crippen LogP contribution in [0.1, 0.15) is 49.4 Å². The Morgan fingerprint density at radius 2 is 2.05 bits per heavy atom. The molecule has 0 aliphatic rings. The molecule has 1 rings (SSSR count). The highest BCUT2D eigenvalue weighted by molar-refractivity contribution is 5.90. The van der Waals surface area contributed by atoms with Crippen molar-refractivity contribution in [3.05, 3.63) is 29.8 Å². The molecule has 3 nitrogen and oxygen atoms in total. The number of para-hydroxylation sites is 1. The molecule has 4 heteroatoms. The maximum atomic E-state index is 13.6. The molecule has 1 aromatic rings. The number of unbranched alkanes of at least 4 members (excludes halogenated alkanes) is 3. The number of rotatable bonds is 9. The summed E-state index contributed by atoms with van der Waals surface area (Å²) in [5.41, 5.74) is 0.0701. The molecule has 1 unspecified atom stereocenters. The van der Waals surface area contributed by atoms with Crippen LogP contribution in [0.5, 0.6) is 5.75 Å². The molecule has 19 heavy (non-hydrogen) atoms. The molecule has 0 spiro atoms. The van der Waals surface area contributed by atoms with E-state index in [4.69, 9.17) is 9.84 Å². The first kappa shape index (κ1) is 15.5. The normalized spacial score (nSPS) is 12.1. The number of aromatic carboxylic acids is 1. The van der Waals surface area contributed by atoms with Gasteiger partial charge in [-0.1, -0.05) is 44.7 Å². The van der Waals surface area contributed by atoms with Gasteiger partial charge in [-0.2, -0.15) is 0 Å². The maximum Gasteiger partial charge on any atom is 0.339 e. The number of carbonyl (C=O) groups is 1. The van der Waals surface area contributed by atoms with Crippen molar-refractivity contribution in [2.45, 2.75) is 45.2 Å². The fourth-order valence-corrected chi connectivity index (χ4v) is 1.83. The topological polar surface area (TPSA) is 46.5 Å². The quantitative estimate of drug-likeness (QED) is 0.687. The van der Waals surface area contributed by atoms with Gasteiger partial charge < -0.3 is 9.84 Å². The van der Waals surface area contributed by atoms with Crippen LogP contribution in [-0.2, 0) is 0 Å². The summed E-state index contributed by atoms with van der Waals surface area (Å²) in [5.74, 6) is -0.833. The van der Waals surface area contributed by atoms with Crippen LogP contribution in [0.3, 0.4) is 0 Å². The zero-order valence-electron chi connectivity index (χ0n) is 11.3. The maximum absolute atomic E-state index is 13.6. The average Bonchev–Trinajstić information content (AvgIpc) is 2.41. The van der Waals surface area contributed by atoms with Crippen LogP contribution >= 0.6 is 0 Å². The van der Waals surface area contributed by atoms with Crippen molar-refractivity contribution in [1.29, 1.82) is 0 Å². The molecule has 0 amide bonds. The number of carboxylic acid groups (broad SMARTS) is 1. The molecule has 1 atom stereocenters. The fraction of sp³-hybridized carbons (Fsp3) is 0.533. The summed E-state index contributed by atoms with van der Waals surface area (Å²) in [6, 6.07) is 6.30. The Hall–Kier alpha value is -1.58. The van der Waals surface area contributed by atoms with Crippen molar-refractivity contribution in [2.24, 2.45) is 0 Å². The van der Waals surface area contributed by atoms with Crippen molar-refractivity contribution in [3.63, 3.8) is 0 Å². The van der Waals surface area contributed by atoms with Crippen molar-refractivity contribution in [2.75, 3.05) is 6.61 Å². The molecule has 106 valence electrons. The van der Waals surface area contributed by atoms with E-state index < -0.39 is 12.1 Å². The highest BCUT2D eigenvalue weighted by Crippen LogP contribution is 2.19. The van der Waals surface area contributed by atoms with Crippen LogP contribution in [0.25, 0.3) is 0 Å². The smallest absolute Gasteiger partial charge is 0.339 e. The standard InChI is InChI=1S/C15H21FO3/c1-2-3-4-5-8-12(16)11-19-14-10-7-6-9-13(14)15(17)18/h6-7,9-10,12H,2-5,8,11H2,1H3,(H,17,18). The molecular formula is C15H21FO3. The second kappa shape index (κ2) is 8.51. The molecule has 0 aromatic heterocycles. The van der Waals surface area contributed by atoms with E-state index in [-0.39, 0.29) is 17.9 Å². The molecule has 0 aliphatic carbocycles. The molecular weight excluding hydrogens is 247 g/mol. The van der Waals surface area contributed by atoms with Gasteiger partial charge in [-0.3, -0.25) is 0 Å². The number of ether oxygens (including phenoxy) is 1. The van der Waals surface area contributed by atoms with Gasteiger partial charge in [0.25, 0.3) is 0 Å². The Morgan fingerprint density at radius 1 is 1.32 bits per heavy atom. The summed E-state index contributed by atoms with van der Waals surface area (Å²) < 4.78 is 18.8. The lowest BCUT2D eigenvalue weighted by atomic mass is 10.1. The van der Waals surface area contributed by atoms with E-state index in [1.54, 1.807) is 18.2 Å². The predicted octanol–water partition coefficient (Wildman–Crippen LogP) is 4.07.